The summed E-state index contributed by atoms with van der Waals surface area (Å²) < 4.78 is 1.68. The largest absolute Gasteiger partial charge is 0.504 e. The van der Waals surface area contributed by atoms with E-state index in [0.29, 0.717) is 12.1 Å². The molecule has 3 rings (SSSR count). The zero-order chi connectivity index (χ0) is 17.1. The molecule has 0 aliphatic heterocycles. The number of nitrogens with zero attached hydrogens (tertiary/aromatic N) is 4. The van der Waals surface area contributed by atoms with Gasteiger partial charge in [-0.1, -0.05) is 30.3 Å². The summed E-state index contributed by atoms with van der Waals surface area (Å²) in [5.74, 6) is -1.04. The van der Waals surface area contributed by atoms with E-state index in [4.69, 9.17) is 0 Å². The lowest BCUT2D eigenvalue weighted by Gasteiger charge is -2.08. The van der Waals surface area contributed by atoms with Crippen LogP contribution in [0.25, 0.3) is 11.1 Å². The SMILES string of the molecule is N#Cc1cc(O)c(O)c(C#N)c1-c1cnn(Cc2ccccc2)c1. The fraction of sp³-hybridized carbons (Fsp3) is 0.0556. The lowest BCUT2D eigenvalue weighted by molar-refractivity contribution is 0.402. The van der Waals surface area contributed by atoms with Crippen molar-refractivity contribution in [2.75, 3.05) is 0 Å². The molecule has 1 aromatic heterocycles. The maximum absolute atomic E-state index is 9.89. The molecule has 6 heteroatoms. The van der Waals surface area contributed by atoms with Crippen LogP contribution in [0.2, 0.25) is 0 Å². The Hall–Kier alpha value is -3.77. The Morgan fingerprint density at radius 3 is 2.50 bits per heavy atom. The van der Waals surface area contributed by atoms with Gasteiger partial charge in [0.05, 0.1) is 24.4 Å². The highest BCUT2D eigenvalue weighted by Gasteiger charge is 2.20. The van der Waals surface area contributed by atoms with E-state index in [9.17, 15) is 20.7 Å². The number of aromatic hydroxyl groups is 2. The van der Waals surface area contributed by atoms with Crippen molar-refractivity contribution in [2.24, 2.45) is 0 Å². The third kappa shape index (κ3) is 2.65. The third-order valence-electron chi connectivity index (χ3n) is 3.62. The average Bonchev–Trinajstić information content (AvgIpc) is 3.05. The normalized spacial score (nSPS) is 10.1. The van der Waals surface area contributed by atoms with Crippen molar-refractivity contribution < 1.29 is 10.2 Å². The second-order valence-electron chi connectivity index (χ2n) is 5.18. The molecular formula is C18H12N4O2. The fourth-order valence-corrected chi connectivity index (χ4v) is 2.50. The smallest absolute Gasteiger partial charge is 0.176 e. The summed E-state index contributed by atoms with van der Waals surface area (Å²) in [6.07, 6.45) is 3.22. The minimum atomic E-state index is -0.540. The summed E-state index contributed by atoms with van der Waals surface area (Å²) >= 11 is 0. The first-order valence-electron chi connectivity index (χ1n) is 7.10. The molecule has 2 N–H and O–H groups in total. The molecule has 0 aliphatic rings. The van der Waals surface area contributed by atoms with Gasteiger partial charge in [-0.05, 0) is 5.56 Å². The number of benzene rings is 2. The van der Waals surface area contributed by atoms with Crippen LogP contribution in [0.5, 0.6) is 11.5 Å². The quantitative estimate of drug-likeness (QED) is 0.723. The highest BCUT2D eigenvalue weighted by Crippen LogP contribution is 2.38. The van der Waals surface area contributed by atoms with Crippen molar-refractivity contribution in [1.82, 2.24) is 9.78 Å². The first kappa shape index (κ1) is 15.1. The number of hydrogen-bond acceptors (Lipinski definition) is 5. The number of aromatic nitrogens is 2. The summed E-state index contributed by atoms with van der Waals surface area (Å²) in [7, 11) is 0. The minimum Gasteiger partial charge on any atom is -0.504 e. The van der Waals surface area contributed by atoms with Gasteiger partial charge in [0.15, 0.2) is 11.5 Å². The Kier molecular flexibility index (Phi) is 3.88. The Labute approximate surface area is 138 Å². The van der Waals surface area contributed by atoms with Gasteiger partial charge in [0, 0.05) is 23.4 Å². The molecule has 116 valence electrons. The van der Waals surface area contributed by atoms with Crippen LogP contribution in [0.15, 0.2) is 48.8 Å². The van der Waals surface area contributed by atoms with E-state index in [1.54, 1.807) is 10.9 Å². The maximum Gasteiger partial charge on any atom is 0.176 e. The van der Waals surface area contributed by atoms with E-state index in [1.807, 2.05) is 42.5 Å². The topological polar surface area (TPSA) is 106 Å². The Morgan fingerprint density at radius 1 is 1.08 bits per heavy atom. The molecule has 0 aliphatic carbocycles. The second-order valence-corrected chi connectivity index (χ2v) is 5.18. The van der Waals surface area contributed by atoms with Crippen molar-refractivity contribution in [3.63, 3.8) is 0 Å². The number of nitriles is 2. The Morgan fingerprint density at radius 2 is 1.83 bits per heavy atom. The van der Waals surface area contributed by atoms with Crippen LogP contribution in [-0.4, -0.2) is 20.0 Å². The number of rotatable bonds is 3. The first-order valence-corrected chi connectivity index (χ1v) is 7.10. The van der Waals surface area contributed by atoms with Crippen LogP contribution < -0.4 is 0 Å². The summed E-state index contributed by atoms with van der Waals surface area (Å²) in [6, 6.07) is 14.6. The highest BCUT2D eigenvalue weighted by molar-refractivity contribution is 5.80. The van der Waals surface area contributed by atoms with Gasteiger partial charge in [0.2, 0.25) is 0 Å². The molecule has 1 heterocycles. The highest BCUT2D eigenvalue weighted by atomic mass is 16.3. The number of phenols is 2. The van der Waals surface area contributed by atoms with E-state index in [-0.39, 0.29) is 16.7 Å². The van der Waals surface area contributed by atoms with Crippen molar-refractivity contribution in [1.29, 1.82) is 10.5 Å². The van der Waals surface area contributed by atoms with Gasteiger partial charge in [-0.3, -0.25) is 4.68 Å². The molecule has 0 atom stereocenters. The summed E-state index contributed by atoms with van der Waals surface area (Å²) in [4.78, 5) is 0. The van der Waals surface area contributed by atoms with Gasteiger partial charge in [0.25, 0.3) is 0 Å². The molecule has 0 amide bonds. The molecule has 3 aromatic rings. The van der Waals surface area contributed by atoms with E-state index in [2.05, 4.69) is 5.10 Å². The summed E-state index contributed by atoms with van der Waals surface area (Å²) in [6.45, 7) is 0.536. The molecule has 0 radical (unpaired) electrons. The monoisotopic (exact) mass is 316 g/mol. The van der Waals surface area contributed by atoms with E-state index >= 15 is 0 Å². The number of phenolic OH excluding ortho intramolecular Hbond substituents is 2. The van der Waals surface area contributed by atoms with Crippen molar-refractivity contribution in [2.45, 2.75) is 6.54 Å². The van der Waals surface area contributed by atoms with Gasteiger partial charge in [0.1, 0.15) is 11.6 Å². The first-order chi connectivity index (χ1) is 11.6. The van der Waals surface area contributed by atoms with Gasteiger partial charge in [-0.15, -0.1) is 0 Å². The minimum absolute atomic E-state index is 0.0983. The zero-order valence-corrected chi connectivity index (χ0v) is 12.5. The molecule has 0 bridgehead atoms. The molecule has 0 saturated heterocycles. The zero-order valence-electron chi connectivity index (χ0n) is 12.5. The second kappa shape index (κ2) is 6.15. The average molecular weight is 316 g/mol. The van der Waals surface area contributed by atoms with Crippen LogP contribution in [0, 0.1) is 22.7 Å². The van der Waals surface area contributed by atoms with Crippen molar-refractivity contribution in [3.05, 3.63) is 65.5 Å². The van der Waals surface area contributed by atoms with E-state index in [0.717, 1.165) is 11.6 Å². The molecule has 6 nitrogen and oxygen atoms in total. The van der Waals surface area contributed by atoms with Gasteiger partial charge in [-0.25, -0.2) is 0 Å². The Bertz CT molecular complexity index is 979. The summed E-state index contributed by atoms with van der Waals surface area (Å²) in [5, 5.41) is 42.3. The van der Waals surface area contributed by atoms with E-state index < -0.39 is 11.5 Å². The standard InChI is InChI=1S/C18H12N4O2/c19-7-13-6-16(23)18(24)15(8-20)17(13)14-9-21-22(11-14)10-12-4-2-1-3-5-12/h1-6,9,11,23-24H,10H2. The van der Waals surface area contributed by atoms with Crippen LogP contribution >= 0.6 is 0 Å². The maximum atomic E-state index is 9.89. The molecule has 24 heavy (non-hydrogen) atoms. The lowest BCUT2D eigenvalue weighted by atomic mass is 9.96. The predicted octanol–water partition coefficient (Wildman–Crippen LogP) is 2.75. The predicted molar refractivity (Wildman–Crippen MR) is 86.0 cm³/mol. The third-order valence-corrected chi connectivity index (χ3v) is 3.62. The summed E-state index contributed by atoms with van der Waals surface area (Å²) in [5.41, 5.74) is 1.79. The van der Waals surface area contributed by atoms with Crippen LogP contribution in [0.1, 0.15) is 16.7 Å². The van der Waals surface area contributed by atoms with Crippen molar-refractivity contribution >= 4 is 0 Å². The van der Waals surface area contributed by atoms with Gasteiger partial charge < -0.3 is 10.2 Å². The molecule has 2 aromatic carbocycles. The molecule has 0 spiro atoms. The van der Waals surface area contributed by atoms with Gasteiger partial charge in [-0.2, -0.15) is 15.6 Å². The van der Waals surface area contributed by atoms with Crippen LogP contribution in [0.3, 0.4) is 0 Å². The molecule has 0 fully saturated rings. The lowest BCUT2D eigenvalue weighted by Crippen LogP contribution is -1.99. The van der Waals surface area contributed by atoms with Crippen LogP contribution in [0.4, 0.5) is 0 Å². The fourth-order valence-electron chi connectivity index (χ4n) is 2.50. The molecular weight excluding hydrogens is 304 g/mol. The van der Waals surface area contributed by atoms with Gasteiger partial charge >= 0.3 is 0 Å². The van der Waals surface area contributed by atoms with Crippen molar-refractivity contribution in [3.8, 4) is 34.8 Å². The Balaban J connectivity index is 2.06. The van der Waals surface area contributed by atoms with Crippen LogP contribution in [-0.2, 0) is 6.54 Å². The molecule has 0 saturated carbocycles. The number of hydrogen-bond donors (Lipinski definition) is 2. The molecule has 0 unspecified atom stereocenters. The van der Waals surface area contributed by atoms with E-state index in [1.165, 1.54) is 6.20 Å².